The number of halogens is 1. The average molecular weight is 293 g/mol. The van der Waals surface area contributed by atoms with Crippen molar-refractivity contribution < 1.29 is 18.7 Å². The molecule has 114 valence electrons. The summed E-state index contributed by atoms with van der Waals surface area (Å²) >= 11 is 0. The van der Waals surface area contributed by atoms with Crippen LogP contribution >= 0.6 is 0 Å². The van der Waals surface area contributed by atoms with E-state index in [1.807, 2.05) is 0 Å². The van der Waals surface area contributed by atoms with Crippen molar-refractivity contribution in [3.05, 3.63) is 35.6 Å². The quantitative estimate of drug-likeness (QED) is 0.868. The minimum absolute atomic E-state index is 0.154. The van der Waals surface area contributed by atoms with Crippen LogP contribution in [0, 0.1) is 5.82 Å². The third kappa shape index (κ3) is 4.28. The number of nitrogens with one attached hydrogen (secondary N) is 1. The first-order valence-electron chi connectivity index (χ1n) is 7.34. The van der Waals surface area contributed by atoms with Crippen LogP contribution in [-0.4, -0.2) is 24.0 Å². The maximum Gasteiger partial charge on any atom is 0.341 e. The lowest BCUT2D eigenvalue weighted by Crippen LogP contribution is -2.42. The first-order valence-corrected chi connectivity index (χ1v) is 7.34. The first kappa shape index (κ1) is 15.5. The van der Waals surface area contributed by atoms with E-state index in [-0.39, 0.29) is 17.5 Å². The van der Waals surface area contributed by atoms with Gasteiger partial charge in [0.25, 0.3) is 5.91 Å². The van der Waals surface area contributed by atoms with Crippen LogP contribution < -0.4 is 5.32 Å². The molecule has 1 aromatic carbocycles. The maximum atomic E-state index is 13.5. The van der Waals surface area contributed by atoms with Gasteiger partial charge in [-0.15, -0.1) is 0 Å². The lowest BCUT2D eigenvalue weighted by Gasteiger charge is -2.24. The Morgan fingerprint density at radius 3 is 2.57 bits per heavy atom. The molecule has 1 aliphatic carbocycles. The molecule has 21 heavy (non-hydrogen) atoms. The molecule has 1 amide bonds. The Hall–Kier alpha value is -1.91. The molecule has 1 unspecified atom stereocenters. The van der Waals surface area contributed by atoms with Crippen LogP contribution in [0.1, 0.15) is 49.4 Å². The van der Waals surface area contributed by atoms with Crippen LogP contribution in [0.5, 0.6) is 0 Å². The molecule has 1 atom stereocenters. The number of hydrogen-bond acceptors (Lipinski definition) is 3. The monoisotopic (exact) mass is 293 g/mol. The van der Waals surface area contributed by atoms with Crippen molar-refractivity contribution >= 4 is 11.9 Å². The van der Waals surface area contributed by atoms with Crippen molar-refractivity contribution in [2.24, 2.45) is 0 Å². The van der Waals surface area contributed by atoms with E-state index < -0.39 is 17.9 Å². The van der Waals surface area contributed by atoms with Gasteiger partial charge in [0.1, 0.15) is 5.82 Å². The summed E-state index contributed by atoms with van der Waals surface area (Å²) in [5.74, 6) is -1.80. The van der Waals surface area contributed by atoms with E-state index in [4.69, 9.17) is 4.74 Å². The molecule has 0 aliphatic heterocycles. The smallest absolute Gasteiger partial charge is 0.341 e. The zero-order valence-electron chi connectivity index (χ0n) is 12.1. The average Bonchev–Trinajstić information content (AvgIpc) is 2.48. The van der Waals surface area contributed by atoms with Gasteiger partial charge in [0.2, 0.25) is 0 Å². The molecule has 1 saturated carbocycles. The van der Waals surface area contributed by atoms with Gasteiger partial charge in [-0.3, -0.25) is 4.79 Å². The number of hydrogen-bond donors (Lipinski definition) is 1. The first-order chi connectivity index (χ1) is 10.1. The maximum absolute atomic E-state index is 13.5. The van der Waals surface area contributed by atoms with Gasteiger partial charge in [0, 0.05) is 6.04 Å². The van der Waals surface area contributed by atoms with E-state index in [9.17, 15) is 14.0 Å². The molecule has 0 radical (unpaired) electrons. The van der Waals surface area contributed by atoms with Crippen LogP contribution in [0.3, 0.4) is 0 Å². The van der Waals surface area contributed by atoms with Crippen LogP contribution in [0.25, 0.3) is 0 Å². The van der Waals surface area contributed by atoms with E-state index in [2.05, 4.69) is 5.32 Å². The van der Waals surface area contributed by atoms with Crippen molar-refractivity contribution in [1.82, 2.24) is 5.32 Å². The van der Waals surface area contributed by atoms with Gasteiger partial charge in [0.15, 0.2) is 6.10 Å². The lowest BCUT2D eigenvalue weighted by atomic mass is 9.95. The largest absolute Gasteiger partial charge is 0.449 e. The van der Waals surface area contributed by atoms with E-state index in [1.54, 1.807) is 6.07 Å². The highest BCUT2D eigenvalue weighted by Gasteiger charge is 2.23. The van der Waals surface area contributed by atoms with Crippen LogP contribution in [0.4, 0.5) is 4.39 Å². The second kappa shape index (κ2) is 7.20. The summed E-state index contributed by atoms with van der Waals surface area (Å²) in [6.07, 6.45) is 4.39. The fraction of sp³-hybridized carbons (Fsp3) is 0.500. The van der Waals surface area contributed by atoms with Crippen LogP contribution in [-0.2, 0) is 9.53 Å². The molecule has 4 nitrogen and oxygen atoms in total. The van der Waals surface area contributed by atoms with Gasteiger partial charge in [-0.2, -0.15) is 0 Å². The number of carbonyl (C=O) groups excluding carboxylic acids is 2. The second-order valence-corrected chi connectivity index (χ2v) is 5.37. The van der Waals surface area contributed by atoms with Crippen molar-refractivity contribution in [2.45, 2.75) is 51.2 Å². The van der Waals surface area contributed by atoms with Crippen LogP contribution in [0.15, 0.2) is 24.3 Å². The van der Waals surface area contributed by atoms with Crippen molar-refractivity contribution in [3.8, 4) is 0 Å². The van der Waals surface area contributed by atoms with E-state index in [0.717, 1.165) is 25.7 Å². The highest BCUT2D eigenvalue weighted by Crippen LogP contribution is 2.17. The molecule has 1 aromatic rings. The predicted molar refractivity (Wildman–Crippen MR) is 76.3 cm³/mol. The van der Waals surface area contributed by atoms with E-state index >= 15 is 0 Å². The SMILES string of the molecule is CC(OC(=O)c1ccccc1F)C(=O)NC1CCCCC1. The summed E-state index contributed by atoms with van der Waals surface area (Å²) < 4.78 is 18.5. The summed E-state index contributed by atoms with van der Waals surface area (Å²) in [4.78, 5) is 23.8. The van der Waals surface area contributed by atoms with E-state index in [0.29, 0.717) is 0 Å². The minimum Gasteiger partial charge on any atom is -0.449 e. The Morgan fingerprint density at radius 2 is 1.90 bits per heavy atom. The number of rotatable bonds is 4. The van der Waals surface area contributed by atoms with Crippen molar-refractivity contribution in [2.75, 3.05) is 0 Å². The molecule has 0 bridgehead atoms. The third-order valence-corrected chi connectivity index (χ3v) is 3.70. The van der Waals surface area contributed by atoms with Gasteiger partial charge in [0.05, 0.1) is 5.56 Å². The summed E-state index contributed by atoms with van der Waals surface area (Å²) in [6.45, 7) is 1.50. The van der Waals surface area contributed by atoms with E-state index in [1.165, 1.54) is 31.5 Å². The number of carbonyl (C=O) groups is 2. The predicted octanol–water partition coefficient (Wildman–Crippen LogP) is 2.82. The Labute approximate surface area is 123 Å². The Bertz CT molecular complexity index is 512. The molecule has 1 fully saturated rings. The topological polar surface area (TPSA) is 55.4 Å². The zero-order valence-corrected chi connectivity index (χ0v) is 12.1. The minimum atomic E-state index is -0.931. The summed E-state index contributed by atoms with van der Waals surface area (Å²) in [5, 5.41) is 2.88. The van der Waals surface area contributed by atoms with Gasteiger partial charge in [-0.05, 0) is 31.9 Å². The highest BCUT2D eigenvalue weighted by atomic mass is 19.1. The number of benzene rings is 1. The second-order valence-electron chi connectivity index (χ2n) is 5.37. The van der Waals surface area contributed by atoms with Gasteiger partial charge >= 0.3 is 5.97 Å². The third-order valence-electron chi connectivity index (χ3n) is 3.70. The van der Waals surface area contributed by atoms with Crippen molar-refractivity contribution in [1.29, 1.82) is 0 Å². The summed E-state index contributed by atoms with van der Waals surface area (Å²) in [5.41, 5.74) is -0.158. The fourth-order valence-corrected chi connectivity index (χ4v) is 2.47. The molecule has 0 heterocycles. The molecular weight excluding hydrogens is 273 g/mol. The molecular formula is C16H20FNO3. The normalized spacial score (nSPS) is 17.0. The highest BCUT2D eigenvalue weighted by molar-refractivity contribution is 5.92. The fourth-order valence-electron chi connectivity index (χ4n) is 2.47. The molecule has 0 aromatic heterocycles. The Morgan fingerprint density at radius 1 is 1.24 bits per heavy atom. The molecule has 2 rings (SSSR count). The number of esters is 1. The van der Waals surface area contributed by atoms with Gasteiger partial charge < -0.3 is 10.1 Å². The molecule has 1 N–H and O–H groups in total. The molecule has 0 spiro atoms. The Balaban J connectivity index is 1.88. The van der Waals surface area contributed by atoms with Crippen LogP contribution in [0.2, 0.25) is 0 Å². The summed E-state index contributed by atoms with van der Waals surface area (Å²) in [6, 6.07) is 5.71. The number of ether oxygens (including phenoxy) is 1. The molecule has 5 heteroatoms. The summed E-state index contributed by atoms with van der Waals surface area (Å²) in [7, 11) is 0. The zero-order chi connectivity index (χ0) is 15.2. The van der Waals surface area contributed by atoms with Crippen molar-refractivity contribution in [3.63, 3.8) is 0 Å². The Kier molecular flexibility index (Phi) is 5.31. The van der Waals surface area contributed by atoms with Gasteiger partial charge in [-0.25, -0.2) is 9.18 Å². The molecule has 0 saturated heterocycles. The standard InChI is InChI=1S/C16H20FNO3/c1-11(15(19)18-12-7-3-2-4-8-12)21-16(20)13-9-5-6-10-14(13)17/h5-6,9-12H,2-4,7-8H2,1H3,(H,18,19). The lowest BCUT2D eigenvalue weighted by molar-refractivity contribution is -0.130. The number of amides is 1. The van der Waals surface area contributed by atoms with Gasteiger partial charge in [-0.1, -0.05) is 31.4 Å². The molecule has 1 aliphatic rings.